The molecule has 3 aromatic rings. The van der Waals surface area contributed by atoms with E-state index in [0.717, 1.165) is 23.4 Å². The summed E-state index contributed by atoms with van der Waals surface area (Å²) in [6.07, 6.45) is -2.42. The van der Waals surface area contributed by atoms with Gasteiger partial charge < -0.3 is 9.84 Å². The Morgan fingerprint density at radius 2 is 1.85 bits per heavy atom. The van der Waals surface area contributed by atoms with Crippen LogP contribution in [0.4, 0.5) is 13.2 Å². The van der Waals surface area contributed by atoms with Crippen LogP contribution < -0.4 is 4.74 Å². The molecule has 0 fully saturated rings. The van der Waals surface area contributed by atoms with Gasteiger partial charge in [0.25, 0.3) is 0 Å². The smallest absolute Gasteiger partial charge is 0.416 e. The van der Waals surface area contributed by atoms with Gasteiger partial charge in [-0.15, -0.1) is 0 Å². The third-order valence-corrected chi connectivity index (χ3v) is 4.09. The Morgan fingerprint density at radius 1 is 1.15 bits per heavy atom. The number of pyridine rings is 1. The van der Waals surface area contributed by atoms with E-state index >= 15 is 0 Å². The first-order valence-corrected chi connectivity index (χ1v) is 8.24. The lowest BCUT2D eigenvalue weighted by Crippen LogP contribution is -2.04. The van der Waals surface area contributed by atoms with Crippen molar-refractivity contribution in [2.45, 2.75) is 19.5 Å². The van der Waals surface area contributed by atoms with Crippen LogP contribution >= 0.6 is 0 Å². The summed E-state index contributed by atoms with van der Waals surface area (Å²) in [5.41, 5.74) is 2.21. The zero-order valence-electron chi connectivity index (χ0n) is 14.8. The molecule has 0 saturated carbocycles. The van der Waals surface area contributed by atoms with Gasteiger partial charge in [0.15, 0.2) is 0 Å². The van der Waals surface area contributed by atoms with Gasteiger partial charge in [-0.05, 0) is 55.3 Å². The van der Waals surface area contributed by atoms with Gasteiger partial charge in [0.05, 0.1) is 16.8 Å². The highest BCUT2D eigenvalue weighted by Crippen LogP contribution is 2.34. The molecule has 2 heterocycles. The normalized spacial score (nSPS) is 11.6. The lowest BCUT2D eigenvalue weighted by atomic mass is 10.1. The molecule has 2 aromatic heterocycles. The standard InChI is InChI=1S/C19H18F3N3O2/c1-12-9-17(24-25(12)2)16-10-13(7-8-26)11-23-18(16)27-15-5-3-14(4-6-15)19(20,21)22/h3-6,9-11,26H,7-8H2,1-2H3. The van der Waals surface area contributed by atoms with Crippen molar-refractivity contribution in [2.24, 2.45) is 7.05 Å². The van der Waals surface area contributed by atoms with Crippen LogP contribution in [0.3, 0.4) is 0 Å². The molecule has 1 aromatic carbocycles. The summed E-state index contributed by atoms with van der Waals surface area (Å²) in [7, 11) is 1.81. The number of alkyl halides is 3. The minimum Gasteiger partial charge on any atom is -0.438 e. The topological polar surface area (TPSA) is 60.2 Å². The van der Waals surface area contributed by atoms with Gasteiger partial charge in [-0.25, -0.2) is 4.98 Å². The molecule has 142 valence electrons. The highest BCUT2D eigenvalue weighted by atomic mass is 19.4. The molecule has 0 aliphatic carbocycles. The number of nitrogens with zero attached hydrogens (tertiary/aromatic N) is 3. The number of aryl methyl sites for hydroxylation is 2. The molecule has 0 radical (unpaired) electrons. The molecule has 1 N–H and O–H groups in total. The summed E-state index contributed by atoms with van der Waals surface area (Å²) in [5.74, 6) is 0.467. The molecule has 0 amide bonds. The van der Waals surface area contributed by atoms with E-state index in [0.29, 0.717) is 17.7 Å². The van der Waals surface area contributed by atoms with Crippen LogP contribution in [0.15, 0.2) is 42.6 Å². The van der Waals surface area contributed by atoms with Gasteiger partial charge in [0.1, 0.15) is 5.75 Å². The summed E-state index contributed by atoms with van der Waals surface area (Å²) >= 11 is 0. The molecule has 0 bridgehead atoms. The Hall–Kier alpha value is -2.87. The fourth-order valence-corrected chi connectivity index (χ4v) is 2.54. The molecule has 0 unspecified atom stereocenters. The van der Waals surface area contributed by atoms with Crippen LogP contribution in [-0.2, 0) is 19.6 Å². The van der Waals surface area contributed by atoms with Gasteiger partial charge in [-0.1, -0.05) is 0 Å². The second-order valence-corrected chi connectivity index (χ2v) is 6.09. The molecule has 5 nitrogen and oxygen atoms in total. The van der Waals surface area contributed by atoms with Crippen molar-refractivity contribution in [2.75, 3.05) is 6.61 Å². The number of hydrogen-bond acceptors (Lipinski definition) is 4. The molecule has 0 spiro atoms. The zero-order chi connectivity index (χ0) is 19.6. The van der Waals surface area contributed by atoms with Crippen molar-refractivity contribution >= 4 is 0 Å². The average molecular weight is 377 g/mol. The first kappa shape index (κ1) is 18.9. The predicted molar refractivity (Wildman–Crippen MR) is 93.5 cm³/mol. The minimum atomic E-state index is -4.40. The highest BCUT2D eigenvalue weighted by Gasteiger charge is 2.30. The molecule has 0 saturated heterocycles. The van der Waals surface area contributed by atoms with Crippen LogP contribution in [-0.4, -0.2) is 26.5 Å². The molecule has 8 heteroatoms. The Kier molecular flexibility index (Phi) is 5.18. The number of rotatable bonds is 5. The van der Waals surface area contributed by atoms with Crippen LogP contribution in [0.25, 0.3) is 11.3 Å². The van der Waals surface area contributed by atoms with Crippen molar-refractivity contribution < 1.29 is 23.0 Å². The quantitative estimate of drug-likeness (QED) is 0.726. The number of aliphatic hydroxyl groups excluding tert-OH is 1. The lowest BCUT2D eigenvalue weighted by Gasteiger charge is -2.11. The second kappa shape index (κ2) is 7.40. The predicted octanol–water partition coefficient (Wildman–Crippen LogP) is 4.14. The zero-order valence-corrected chi connectivity index (χ0v) is 14.8. The third-order valence-electron chi connectivity index (χ3n) is 4.09. The molecular weight excluding hydrogens is 359 g/mol. The summed E-state index contributed by atoms with van der Waals surface area (Å²) in [6, 6.07) is 8.09. The Labute approximate surface area is 154 Å². The number of aliphatic hydroxyl groups is 1. The number of ether oxygens (including phenoxy) is 1. The van der Waals surface area contributed by atoms with E-state index in [1.807, 2.05) is 19.1 Å². The molecule has 3 rings (SSSR count). The van der Waals surface area contributed by atoms with E-state index < -0.39 is 11.7 Å². The van der Waals surface area contributed by atoms with Gasteiger partial charge in [0.2, 0.25) is 5.88 Å². The highest BCUT2D eigenvalue weighted by molar-refractivity contribution is 5.66. The maximum atomic E-state index is 12.7. The van der Waals surface area contributed by atoms with Gasteiger partial charge in [0, 0.05) is 25.5 Å². The van der Waals surface area contributed by atoms with Gasteiger partial charge in [-0.3, -0.25) is 4.68 Å². The lowest BCUT2D eigenvalue weighted by molar-refractivity contribution is -0.137. The second-order valence-electron chi connectivity index (χ2n) is 6.09. The SMILES string of the molecule is Cc1cc(-c2cc(CCO)cnc2Oc2ccc(C(F)(F)F)cc2)nn1C. The number of halogens is 3. The summed E-state index contributed by atoms with van der Waals surface area (Å²) in [6.45, 7) is 1.87. The number of hydrogen-bond donors (Lipinski definition) is 1. The first-order chi connectivity index (χ1) is 12.8. The average Bonchev–Trinajstić information content (AvgIpc) is 2.95. The Morgan fingerprint density at radius 3 is 2.41 bits per heavy atom. The molecular formula is C19H18F3N3O2. The largest absolute Gasteiger partial charge is 0.438 e. The monoisotopic (exact) mass is 377 g/mol. The molecule has 0 atom stereocenters. The van der Waals surface area contributed by atoms with E-state index in [4.69, 9.17) is 9.84 Å². The number of aromatic nitrogens is 3. The maximum absolute atomic E-state index is 12.7. The van der Waals surface area contributed by atoms with E-state index in [1.54, 1.807) is 17.9 Å². The molecule has 0 aliphatic heterocycles. The van der Waals surface area contributed by atoms with Crippen LogP contribution in [0.5, 0.6) is 11.6 Å². The van der Waals surface area contributed by atoms with Crippen molar-refractivity contribution in [3.8, 4) is 22.9 Å². The van der Waals surface area contributed by atoms with Crippen molar-refractivity contribution in [3.05, 3.63) is 59.4 Å². The minimum absolute atomic E-state index is 0.0263. The summed E-state index contributed by atoms with van der Waals surface area (Å²) in [4.78, 5) is 4.27. The van der Waals surface area contributed by atoms with E-state index in [2.05, 4.69) is 10.1 Å². The number of benzene rings is 1. The third kappa shape index (κ3) is 4.28. The van der Waals surface area contributed by atoms with Crippen LogP contribution in [0.1, 0.15) is 16.8 Å². The van der Waals surface area contributed by atoms with Gasteiger partial charge in [-0.2, -0.15) is 18.3 Å². The Balaban J connectivity index is 1.97. The van der Waals surface area contributed by atoms with E-state index in [1.165, 1.54) is 12.1 Å². The fourth-order valence-electron chi connectivity index (χ4n) is 2.54. The van der Waals surface area contributed by atoms with Crippen molar-refractivity contribution in [3.63, 3.8) is 0 Å². The summed E-state index contributed by atoms with van der Waals surface area (Å²) in [5, 5.41) is 13.6. The Bertz CT molecular complexity index is 915. The van der Waals surface area contributed by atoms with Crippen molar-refractivity contribution in [1.29, 1.82) is 0 Å². The van der Waals surface area contributed by atoms with Gasteiger partial charge >= 0.3 is 6.18 Å². The molecule has 0 aliphatic rings. The fraction of sp³-hybridized carbons (Fsp3) is 0.263. The summed E-state index contributed by atoms with van der Waals surface area (Å²) < 4.78 is 45.5. The van der Waals surface area contributed by atoms with Crippen LogP contribution in [0, 0.1) is 6.92 Å². The van der Waals surface area contributed by atoms with E-state index in [-0.39, 0.29) is 18.2 Å². The van der Waals surface area contributed by atoms with Crippen molar-refractivity contribution in [1.82, 2.24) is 14.8 Å². The van der Waals surface area contributed by atoms with E-state index in [9.17, 15) is 13.2 Å². The molecule has 27 heavy (non-hydrogen) atoms. The first-order valence-electron chi connectivity index (χ1n) is 8.24. The van der Waals surface area contributed by atoms with Crippen LogP contribution in [0.2, 0.25) is 0 Å². The maximum Gasteiger partial charge on any atom is 0.416 e.